The van der Waals surface area contributed by atoms with Crippen molar-refractivity contribution in [2.75, 3.05) is 13.2 Å². The molecule has 3 rings (SSSR count). The summed E-state index contributed by atoms with van der Waals surface area (Å²) in [6, 6.07) is 21.3. The Kier molecular flexibility index (Phi) is 11.1. The van der Waals surface area contributed by atoms with Crippen molar-refractivity contribution in [3.05, 3.63) is 98.4 Å². The molecule has 0 unspecified atom stereocenters. The lowest BCUT2D eigenvalue weighted by atomic mass is 10.0. The SMILES string of the molecule is CCCCNC(=O)[C@@H](Cc1ccccc1)N(Cc1ccccc1Cl)C(=O)COc1ccc(Cl)cc1Br. The monoisotopic (exact) mass is 590 g/mol. The molecule has 0 spiro atoms. The zero-order chi connectivity index (χ0) is 25.9. The molecule has 0 radical (unpaired) electrons. The average molecular weight is 592 g/mol. The second-order valence-electron chi connectivity index (χ2n) is 8.33. The molecule has 3 aromatic carbocycles. The van der Waals surface area contributed by atoms with Crippen molar-refractivity contribution in [1.29, 1.82) is 0 Å². The van der Waals surface area contributed by atoms with Gasteiger partial charge in [0.05, 0.1) is 4.47 Å². The Labute approximate surface area is 230 Å². The number of amides is 2. The summed E-state index contributed by atoms with van der Waals surface area (Å²) in [4.78, 5) is 28.6. The van der Waals surface area contributed by atoms with Crippen molar-refractivity contribution >= 4 is 50.9 Å². The summed E-state index contributed by atoms with van der Waals surface area (Å²) < 4.78 is 6.46. The summed E-state index contributed by atoms with van der Waals surface area (Å²) >= 11 is 15.9. The first-order valence-corrected chi connectivity index (χ1v) is 13.4. The van der Waals surface area contributed by atoms with Gasteiger partial charge in [-0.2, -0.15) is 0 Å². The standard InChI is InChI=1S/C28H29BrCl2N2O3/c1-2-3-15-32-28(35)25(16-20-9-5-4-6-10-20)33(18-21-11-7-8-12-24(21)31)27(34)19-36-26-14-13-22(30)17-23(26)29/h4-14,17,25H,2-3,15-16,18-19H2,1H3,(H,32,35)/t25-/m1/s1. The number of nitrogens with zero attached hydrogens (tertiary/aromatic N) is 1. The van der Waals surface area contributed by atoms with Gasteiger partial charge in [-0.1, -0.05) is 85.1 Å². The van der Waals surface area contributed by atoms with Gasteiger partial charge in [-0.15, -0.1) is 0 Å². The lowest BCUT2D eigenvalue weighted by molar-refractivity contribution is -0.142. The number of benzene rings is 3. The van der Waals surface area contributed by atoms with Gasteiger partial charge in [0.1, 0.15) is 11.8 Å². The molecule has 0 fully saturated rings. The van der Waals surface area contributed by atoms with Gasteiger partial charge >= 0.3 is 0 Å². The molecule has 2 amide bonds. The van der Waals surface area contributed by atoms with Crippen LogP contribution in [0.3, 0.4) is 0 Å². The van der Waals surface area contributed by atoms with Crippen LogP contribution in [0, 0.1) is 0 Å². The molecule has 0 aliphatic carbocycles. The summed E-state index contributed by atoms with van der Waals surface area (Å²) in [5.41, 5.74) is 1.70. The zero-order valence-electron chi connectivity index (χ0n) is 20.1. The zero-order valence-corrected chi connectivity index (χ0v) is 23.2. The van der Waals surface area contributed by atoms with Crippen molar-refractivity contribution in [2.24, 2.45) is 0 Å². The molecular formula is C28H29BrCl2N2O3. The number of halogens is 3. The third kappa shape index (κ3) is 8.26. The number of nitrogens with one attached hydrogen (secondary N) is 1. The molecular weight excluding hydrogens is 563 g/mol. The van der Waals surface area contributed by atoms with Crippen LogP contribution in [0.1, 0.15) is 30.9 Å². The Bertz CT molecular complexity index is 1160. The first-order chi connectivity index (χ1) is 17.4. The molecule has 0 saturated heterocycles. The molecule has 190 valence electrons. The van der Waals surface area contributed by atoms with E-state index in [0.717, 1.165) is 24.0 Å². The lowest BCUT2D eigenvalue weighted by Gasteiger charge is -2.31. The highest BCUT2D eigenvalue weighted by Crippen LogP contribution is 2.28. The van der Waals surface area contributed by atoms with E-state index in [0.29, 0.717) is 33.2 Å². The van der Waals surface area contributed by atoms with Crippen molar-refractivity contribution in [3.63, 3.8) is 0 Å². The van der Waals surface area contributed by atoms with Crippen LogP contribution in [0.4, 0.5) is 0 Å². The largest absolute Gasteiger partial charge is 0.483 e. The van der Waals surface area contributed by atoms with Gasteiger partial charge in [-0.05, 0) is 57.7 Å². The number of rotatable bonds is 12. The highest BCUT2D eigenvalue weighted by atomic mass is 79.9. The van der Waals surface area contributed by atoms with Crippen molar-refractivity contribution < 1.29 is 14.3 Å². The van der Waals surface area contributed by atoms with Gasteiger partial charge in [0.2, 0.25) is 5.91 Å². The summed E-state index contributed by atoms with van der Waals surface area (Å²) in [6.45, 7) is 2.52. The predicted molar refractivity (Wildman–Crippen MR) is 149 cm³/mol. The van der Waals surface area contributed by atoms with Gasteiger partial charge in [-0.25, -0.2) is 0 Å². The lowest BCUT2D eigenvalue weighted by Crippen LogP contribution is -2.51. The number of carbonyl (C=O) groups excluding carboxylic acids is 2. The molecule has 36 heavy (non-hydrogen) atoms. The molecule has 8 heteroatoms. The van der Waals surface area contributed by atoms with Gasteiger partial charge in [0.15, 0.2) is 6.61 Å². The van der Waals surface area contributed by atoms with Gasteiger partial charge in [-0.3, -0.25) is 9.59 Å². The molecule has 1 N–H and O–H groups in total. The summed E-state index contributed by atoms with van der Waals surface area (Å²) in [6.07, 6.45) is 2.17. The Morgan fingerprint density at radius 2 is 1.75 bits per heavy atom. The first kappa shape index (κ1) is 28.0. The van der Waals surface area contributed by atoms with E-state index in [1.165, 1.54) is 0 Å². The average Bonchev–Trinajstić information content (AvgIpc) is 2.87. The van der Waals surface area contributed by atoms with E-state index in [1.807, 2.05) is 48.5 Å². The minimum Gasteiger partial charge on any atom is -0.483 e. The molecule has 0 heterocycles. The second kappa shape index (κ2) is 14.3. The van der Waals surface area contributed by atoms with Crippen LogP contribution in [0.25, 0.3) is 0 Å². The molecule has 5 nitrogen and oxygen atoms in total. The van der Waals surface area contributed by atoms with Crippen molar-refractivity contribution in [2.45, 2.75) is 38.8 Å². The number of carbonyl (C=O) groups is 2. The van der Waals surface area contributed by atoms with E-state index in [2.05, 4.69) is 28.2 Å². The Hall–Kier alpha value is -2.54. The highest BCUT2D eigenvalue weighted by molar-refractivity contribution is 9.10. The van der Waals surface area contributed by atoms with Crippen LogP contribution < -0.4 is 10.1 Å². The van der Waals surface area contributed by atoms with Crippen LogP contribution in [-0.4, -0.2) is 35.9 Å². The number of unbranched alkanes of at least 4 members (excludes halogenated alkanes) is 1. The molecule has 3 aromatic rings. The van der Waals surface area contributed by atoms with Gasteiger partial charge < -0.3 is 15.0 Å². The van der Waals surface area contributed by atoms with Gasteiger partial charge in [0.25, 0.3) is 5.91 Å². The minimum atomic E-state index is -0.745. The normalized spacial score (nSPS) is 11.6. The maximum atomic E-state index is 13.6. The summed E-state index contributed by atoms with van der Waals surface area (Å²) in [5.74, 6) is -0.0545. The quantitative estimate of drug-likeness (QED) is 0.239. The van der Waals surface area contributed by atoms with E-state index in [1.54, 1.807) is 29.2 Å². The van der Waals surface area contributed by atoms with E-state index in [4.69, 9.17) is 27.9 Å². The van der Waals surface area contributed by atoms with Crippen molar-refractivity contribution in [1.82, 2.24) is 10.2 Å². The van der Waals surface area contributed by atoms with E-state index in [9.17, 15) is 9.59 Å². The Morgan fingerprint density at radius 1 is 1.03 bits per heavy atom. The Morgan fingerprint density at radius 3 is 2.44 bits per heavy atom. The molecule has 0 bridgehead atoms. The molecule has 0 aromatic heterocycles. The Balaban J connectivity index is 1.90. The molecule has 0 aliphatic heterocycles. The fourth-order valence-electron chi connectivity index (χ4n) is 3.68. The van der Waals surface area contributed by atoms with E-state index < -0.39 is 6.04 Å². The molecule has 0 saturated carbocycles. The highest BCUT2D eigenvalue weighted by Gasteiger charge is 2.31. The molecule has 1 atom stereocenters. The third-order valence-electron chi connectivity index (χ3n) is 5.64. The fourth-order valence-corrected chi connectivity index (χ4v) is 4.68. The third-order valence-corrected chi connectivity index (χ3v) is 6.87. The van der Waals surface area contributed by atoms with Crippen LogP contribution >= 0.6 is 39.1 Å². The van der Waals surface area contributed by atoms with Crippen LogP contribution in [0.2, 0.25) is 10.0 Å². The van der Waals surface area contributed by atoms with Crippen LogP contribution in [0.15, 0.2) is 77.3 Å². The second-order valence-corrected chi connectivity index (χ2v) is 10.0. The van der Waals surface area contributed by atoms with E-state index in [-0.39, 0.29) is 25.0 Å². The van der Waals surface area contributed by atoms with Crippen molar-refractivity contribution in [3.8, 4) is 5.75 Å². The van der Waals surface area contributed by atoms with Crippen LogP contribution in [0.5, 0.6) is 5.75 Å². The topological polar surface area (TPSA) is 58.6 Å². The smallest absolute Gasteiger partial charge is 0.261 e. The molecule has 0 aliphatic rings. The minimum absolute atomic E-state index is 0.169. The van der Waals surface area contributed by atoms with E-state index >= 15 is 0 Å². The predicted octanol–water partition coefficient (Wildman–Crippen LogP) is 6.69. The maximum absolute atomic E-state index is 13.6. The fraction of sp³-hybridized carbons (Fsp3) is 0.286. The maximum Gasteiger partial charge on any atom is 0.261 e. The van der Waals surface area contributed by atoms with Gasteiger partial charge in [0, 0.05) is 29.6 Å². The summed E-state index contributed by atoms with van der Waals surface area (Å²) in [5, 5.41) is 4.08. The number of ether oxygens (including phenoxy) is 1. The van der Waals surface area contributed by atoms with Crippen LogP contribution in [-0.2, 0) is 22.6 Å². The first-order valence-electron chi connectivity index (χ1n) is 11.8. The number of hydrogen-bond acceptors (Lipinski definition) is 3. The summed E-state index contributed by atoms with van der Waals surface area (Å²) in [7, 11) is 0. The number of hydrogen-bond donors (Lipinski definition) is 1.